The van der Waals surface area contributed by atoms with Crippen molar-refractivity contribution >= 4 is 70.8 Å². The van der Waals surface area contributed by atoms with Gasteiger partial charge in [0.2, 0.25) is 5.91 Å². The summed E-state index contributed by atoms with van der Waals surface area (Å²) in [6, 6.07) is 9.66. The smallest absolute Gasteiger partial charge is 0.416 e. The maximum Gasteiger partial charge on any atom is 0.416 e. The van der Waals surface area contributed by atoms with E-state index in [1.54, 1.807) is 24.3 Å². The summed E-state index contributed by atoms with van der Waals surface area (Å²) < 4.78 is 47.3. The van der Waals surface area contributed by atoms with Crippen molar-refractivity contribution in [2.75, 3.05) is 0 Å². The minimum Gasteiger partial charge on any atom is -0.443 e. The zero-order valence-corrected chi connectivity index (χ0v) is 24.7. The number of amides is 1. The molecule has 10 nitrogen and oxygen atoms in total. The average Bonchev–Trinajstić information content (AvgIpc) is 3.30. The van der Waals surface area contributed by atoms with E-state index in [1.165, 1.54) is 24.1 Å². The number of carbonyl (C=O) groups is 1. The molecule has 1 atom stereocenters. The van der Waals surface area contributed by atoms with Crippen LogP contribution in [0.5, 0.6) is 11.5 Å². The highest BCUT2D eigenvalue weighted by Gasteiger charge is 2.40. The molecule has 0 spiro atoms. The molecule has 0 saturated carbocycles. The van der Waals surface area contributed by atoms with Gasteiger partial charge in [-0.05, 0) is 45.8 Å². The molecule has 208 valence electrons. The van der Waals surface area contributed by atoms with Crippen LogP contribution in [0.1, 0.15) is 36.1 Å². The molecule has 40 heavy (non-hydrogen) atoms. The Morgan fingerprint density at radius 2 is 1.55 bits per heavy atom. The van der Waals surface area contributed by atoms with Crippen LogP contribution in [-0.2, 0) is 11.0 Å². The van der Waals surface area contributed by atoms with Crippen molar-refractivity contribution in [3.63, 3.8) is 0 Å². The standard InChI is InChI=1S/C24H14Br3F3N4O6/c1-11(35)32-19(10-18(31-32)12-2-4-14(25)5-3-12)16-8-15(26)9-17(27)22(16)40-23-20(33(36)37)6-13(24(28,29)30)7-21(23)34(38)39/h2-9,19H,10H2,1H3. The summed E-state index contributed by atoms with van der Waals surface area (Å²) in [5.41, 5.74) is -2.63. The first-order valence-electron chi connectivity index (χ1n) is 11.0. The number of halogens is 6. The van der Waals surface area contributed by atoms with E-state index < -0.39 is 50.7 Å². The number of nitro groups is 2. The number of hydrogen-bond donors (Lipinski definition) is 0. The summed E-state index contributed by atoms with van der Waals surface area (Å²) in [6.45, 7) is 1.28. The van der Waals surface area contributed by atoms with Crippen LogP contribution in [0, 0.1) is 20.2 Å². The number of carbonyl (C=O) groups excluding carboxylic acids is 1. The third kappa shape index (κ3) is 6.02. The van der Waals surface area contributed by atoms with Crippen LogP contribution in [0.25, 0.3) is 0 Å². The molecule has 16 heteroatoms. The number of hydrazone groups is 1. The van der Waals surface area contributed by atoms with E-state index in [9.17, 15) is 38.2 Å². The number of hydrogen-bond acceptors (Lipinski definition) is 7. The number of ether oxygens (including phenoxy) is 1. The summed E-state index contributed by atoms with van der Waals surface area (Å²) >= 11 is 9.97. The number of nitro benzene ring substituents is 2. The monoisotopic (exact) mass is 748 g/mol. The Hall–Kier alpha value is -3.37. The van der Waals surface area contributed by atoms with E-state index in [4.69, 9.17) is 4.74 Å². The van der Waals surface area contributed by atoms with E-state index in [0.29, 0.717) is 15.7 Å². The van der Waals surface area contributed by atoms with Crippen molar-refractivity contribution in [2.45, 2.75) is 25.6 Å². The van der Waals surface area contributed by atoms with Gasteiger partial charge in [0.05, 0.1) is 31.6 Å². The highest BCUT2D eigenvalue weighted by atomic mass is 79.9. The molecular formula is C24H14Br3F3N4O6. The topological polar surface area (TPSA) is 128 Å². The average molecular weight is 751 g/mol. The number of nitrogens with zero attached hydrogens (tertiary/aromatic N) is 4. The van der Waals surface area contributed by atoms with Crippen LogP contribution in [-0.4, -0.2) is 26.5 Å². The number of alkyl halides is 3. The summed E-state index contributed by atoms with van der Waals surface area (Å²) in [5, 5.41) is 29.1. The van der Waals surface area contributed by atoms with Gasteiger partial charge in [-0.25, -0.2) is 5.01 Å². The Balaban J connectivity index is 1.88. The molecule has 0 aliphatic carbocycles. The molecule has 0 bridgehead atoms. The van der Waals surface area contributed by atoms with E-state index in [-0.39, 0.29) is 34.3 Å². The predicted molar refractivity (Wildman–Crippen MR) is 147 cm³/mol. The molecule has 0 saturated heterocycles. The molecule has 0 N–H and O–H groups in total. The van der Waals surface area contributed by atoms with Gasteiger partial charge in [0, 0.05) is 40.0 Å². The van der Waals surface area contributed by atoms with Crippen LogP contribution in [0.2, 0.25) is 0 Å². The molecule has 3 aromatic carbocycles. The van der Waals surface area contributed by atoms with Crippen molar-refractivity contribution in [3.8, 4) is 11.5 Å². The van der Waals surface area contributed by atoms with Crippen molar-refractivity contribution in [1.29, 1.82) is 0 Å². The zero-order chi connectivity index (χ0) is 29.5. The van der Waals surface area contributed by atoms with Crippen LogP contribution < -0.4 is 4.74 Å². The van der Waals surface area contributed by atoms with Crippen LogP contribution in [0.4, 0.5) is 24.5 Å². The largest absolute Gasteiger partial charge is 0.443 e. The van der Waals surface area contributed by atoms with Crippen molar-refractivity contribution < 1.29 is 32.5 Å². The summed E-state index contributed by atoms with van der Waals surface area (Å²) in [7, 11) is 0. The lowest BCUT2D eigenvalue weighted by atomic mass is 9.97. The Labute approximate surface area is 248 Å². The maximum absolute atomic E-state index is 13.4. The summed E-state index contributed by atoms with van der Waals surface area (Å²) in [6.07, 6.45) is -4.93. The van der Waals surface area contributed by atoms with Crippen LogP contribution in [0.3, 0.4) is 0 Å². The van der Waals surface area contributed by atoms with Gasteiger partial charge in [-0.2, -0.15) is 18.3 Å². The lowest BCUT2D eigenvalue weighted by Gasteiger charge is -2.24. The fourth-order valence-electron chi connectivity index (χ4n) is 4.04. The van der Waals surface area contributed by atoms with Gasteiger partial charge in [-0.1, -0.05) is 44.0 Å². The molecule has 1 aliphatic rings. The van der Waals surface area contributed by atoms with Crippen LogP contribution >= 0.6 is 47.8 Å². The SMILES string of the molecule is CC(=O)N1N=C(c2ccc(Br)cc2)CC1c1cc(Br)cc(Br)c1Oc1c([N+](=O)[O-])cc(C(F)(F)F)cc1[N+](=O)[O-]. The fourth-order valence-corrected chi connectivity index (χ4v) is 5.64. The maximum atomic E-state index is 13.4. The molecule has 1 unspecified atom stereocenters. The minimum absolute atomic E-state index is 0.154. The fraction of sp³-hybridized carbons (Fsp3) is 0.167. The van der Waals surface area contributed by atoms with Gasteiger partial charge in [0.1, 0.15) is 5.75 Å². The van der Waals surface area contributed by atoms with E-state index in [1.807, 2.05) is 0 Å². The Kier molecular flexibility index (Phi) is 8.33. The molecule has 1 heterocycles. The normalized spacial score (nSPS) is 15.1. The third-order valence-electron chi connectivity index (χ3n) is 5.78. The summed E-state index contributed by atoms with van der Waals surface area (Å²) in [5.74, 6) is -1.64. The third-order valence-corrected chi connectivity index (χ3v) is 7.36. The number of benzene rings is 3. The first-order chi connectivity index (χ1) is 18.7. The molecule has 0 radical (unpaired) electrons. The molecule has 3 aromatic rings. The second-order valence-corrected chi connectivity index (χ2v) is 11.1. The Morgan fingerprint density at radius 3 is 2.05 bits per heavy atom. The highest BCUT2D eigenvalue weighted by Crippen LogP contribution is 2.49. The first kappa shape index (κ1) is 29.6. The van der Waals surface area contributed by atoms with Crippen LogP contribution in [0.15, 0.2) is 67.1 Å². The first-order valence-corrected chi connectivity index (χ1v) is 13.4. The van der Waals surface area contributed by atoms with Gasteiger partial charge < -0.3 is 4.74 Å². The Bertz CT molecular complexity index is 1550. The second kappa shape index (κ2) is 11.2. The van der Waals surface area contributed by atoms with Gasteiger partial charge in [0.15, 0.2) is 0 Å². The second-order valence-electron chi connectivity index (χ2n) is 8.40. The molecule has 1 aliphatic heterocycles. The molecule has 0 fully saturated rings. The van der Waals surface area contributed by atoms with Gasteiger partial charge in [-0.3, -0.25) is 25.0 Å². The quantitative estimate of drug-likeness (QED) is 0.184. The summed E-state index contributed by atoms with van der Waals surface area (Å²) in [4.78, 5) is 33.7. The van der Waals surface area contributed by atoms with E-state index >= 15 is 0 Å². The molecule has 0 aromatic heterocycles. The highest BCUT2D eigenvalue weighted by molar-refractivity contribution is 9.11. The molecule has 4 rings (SSSR count). The predicted octanol–water partition coefficient (Wildman–Crippen LogP) is 8.30. The molecular weight excluding hydrogens is 737 g/mol. The number of rotatable bonds is 6. The van der Waals surface area contributed by atoms with Crippen molar-refractivity contribution in [3.05, 3.63) is 98.9 Å². The zero-order valence-electron chi connectivity index (χ0n) is 19.9. The Morgan fingerprint density at radius 1 is 0.975 bits per heavy atom. The van der Waals surface area contributed by atoms with Crippen molar-refractivity contribution in [1.82, 2.24) is 5.01 Å². The molecule has 1 amide bonds. The van der Waals surface area contributed by atoms with E-state index in [0.717, 1.165) is 4.47 Å². The van der Waals surface area contributed by atoms with Gasteiger partial charge in [0.25, 0.3) is 5.75 Å². The van der Waals surface area contributed by atoms with Crippen molar-refractivity contribution in [2.24, 2.45) is 5.10 Å². The van der Waals surface area contributed by atoms with Gasteiger partial charge >= 0.3 is 17.6 Å². The lowest BCUT2D eigenvalue weighted by Crippen LogP contribution is -2.24. The lowest BCUT2D eigenvalue weighted by molar-refractivity contribution is -0.396. The van der Waals surface area contributed by atoms with E-state index in [2.05, 4.69) is 52.9 Å². The van der Waals surface area contributed by atoms with Gasteiger partial charge in [-0.15, -0.1) is 0 Å². The minimum atomic E-state index is -5.09.